The van der Waals surface area contributed by atoms with Gasteiger partial charge in [0.1, 0.15) is 6.61 Å². The summed E-state index contributed by atoms with van der Waals surface area (Å²) in [6.45, 7) is 8.87. The van der Waals surface area contributed by atoms with Gasteiger partial charge in [-0.2, -0.15) is 0 Å². The molecule has 2 saturated carbocycles. The van der Waals surface area contributed by atoms with E-state index in [1.54, 1.807) is 6.08 Å². The fraction of sp³-hybridized carbons (Fsp3) is 0.650. The quantitative estimate of drug-likeness (QED) is 0.616. The molecule has 0 aromatic heterocycles. The first-order chi connectivity index (χ1) is 11.3. The topological polar surface area (TPSA) is 66.8 Å². The van der Waals surface area contributed by atoms with Crippen LogP contribution in [0.2, 0.25) is 0 Å². The molecular weight excluding hydrogens is 304 g/mol. The number of esters is 1. The molecule has 4 nitrogen and oxygen atoms in total. The number of cyclic esters (lactones) is 1. The lowest BCUT2D eigenvalue weighted by Gasteiger charge is -2.59. The maximum absolute atomic E-state index is 11.7. The Kier molecular flexibility index (Phi) is 4.47. The Morgan fingerprint density at radius 2 is 2.17 bits per heavy atom. The number of allylic oxidation sites excluding steroid dienone is 2. The van der Waals surface area contributed by atoms with E-state index in [4.69, 9.17) is 4.74 Å². The highest BCUT2D eigenvalue weighted by Crippen LogP contribution is 2.61. The molecule has 2 fully saturated rings. The highest BCUT2D eigenvalue weighted by atomic mass is 16.5. The van der Waals surface area contributed by atoms with Crippen molar-refractivity contribution in [2.24, 2.45) is 22.7 Å². The second kappa shape index (κ2) is 6.16. The standard InChI is InChI=1S/C20H28O4/c1-13-4-7-16-19(2,10-8-17(22)20(16,3)12-21)15(13)6-5-14-9-11-24-18(14)23/h5-6,9,15-17,21-22H,1,4,7-8,10-12H2,2-3H3/b6-5+/t15-,16?,17?,19-,20+/m1/s1. The van der Waals surface area contributed by atoms with Crippen LogP contribution in [0.4, 0.5) is 0 Å². The Hall–Kier alpha value is -1.39. The number of hydrogen-bond acceptors (Lipinski definition) is 4. The van der Waals surface area contributed by atoms with Gasteiger partial charge in [0, 0.05) is 11.3 Å². The van der Waals surface area contributed by atoms with Gasteiger partial charge in [0.05, 0.1) is 18.3 Å². The van der Waals surface area contributed by atoms with Gasteiger partial charge in [0.25, 0.3) is 0 Å². The Balaban J connectivity index is 1.92. The van der Waals surface area contributed by atoms with Gasteiger partial charge < -0.3 is 14.9 Å². The molecule has 0 radical (unpaired) electrons. The first kappa shape index (κ1) is 17.4. The summed E-state index contributed by atoms with van der Waals surface area (Å²) in [4.78, 5) is 11.7. The number of rotatable bonds is 3. The molecule has 0 bridgehead atoms. The van der Waals surface area contributed by atoms with Crippen LogP contribution < -0.4 is 0 Å². The minimum atomic E-state index is -0.481. The molecule has 3 aliphatic rings. The zero-order valence-electron chi connectivity index (χ0n) is 14.6. The van der Waals surface area contributed by atoms with E-state index >= 15 is 0 Å². The fourth-order valence-electron chi connectivity index (χ4n) is 5.20. The second-order valence-electron chi connectivity index (χ2n) is 8.07. The van der Waals surface area contributed by atoms with Crippen molar-refractivity contribution in [1.29, 1.82) is 0 Å². The maximum Gasteiger partial charge on any atom is 0.338 e. The van der Waals surface area contributed by atoms with E-state index in [-0.39, 0.29) is 29.8 Å². The van der Waals surface area contributed by atoms with E-state index in [0.717, 1.165) is 19.3 Å². The summed E-state index contributed by atoms with van der Waals surface area (Å²) in [6, 6.07) is 0. The summed E-state index contributed by atoms with van der Waals surface area (Å²) in [7, 11) is 0. The summed E-state index contributed by atoms with van der Waals surface area (Å²) >= 11 is 0. The van der Waals surface area contributed by atoms with Crippen LogP contribution in [-0.2, 0) is 9.53 Å². The zero-order valence-corrected chi connectivity index (χ0v) is 14.6. The lowest BCUT2D eigenvalue weighted by atomic mass is 9.46. The van der Waals surface area contributed by atoms with Gasteiger partial charge >= 0.3 is 5.97 Å². The van der Waals surface area contributed by atoms with Crippen LogP contribution in [0.1, 0.15) is 39.5 Å². The molecule has 3 rings (SSSR count). The predicted molar refractivity (Wildman–Crippen MR) is 92.1 cm³/mol. The number of aliphatic hydroxyl groups excluding tert-OH is 2. The molecule has 2 N–H and O–H groups in total. The van der Waals surface area contributed by atoms with E-state index in [1.807, 2.05) is 13.0 Å². The van der Waals surface area contributed by atoms with Gasteiger partial charge in [0.15, 0.2) is 0 Å². The predicted octanol–water partition coefficient (Wildman–Crippen LogP) is 2.77. The van der Waals surface area contributed by atoms with Gasteiger partial charge in [-0.05, 0) is 43.1 Å². The number of aliphatic hydroxyl groups is 2. The van der Waals surface area contributed by atoms with E-state index in [2.05, 4.69) is 19.6 Å². The Labute approximate surface area is 143 Å². The molecule has 1 heterocycles. The van der Waals surface area contributed by atoms with Crippen molar-refractivity contribution < 1.29 is 19.7 Å². The Morgan fingerprint density at radius 3 is 2.79 bits per heavy atom. The highest BCUT2D eigenvalue weighted by molar-refractivity contribution is 5.93. The zero-order chi connectivity index (χ0) is 17.5. The molecule has 24 heavy (non-hydrogen) atoms. The van der Waals surface area contributed by atoms with Crippen molar-refractivity contribution in [3.05, 3.63) is 36.0 Å². The van der Waals surface area contributed by atoms with Gasteiger partial charge in [-0.25, -0.2) is 4.79 Å². The molecule has 0 aromatic carbocycles. The Bertz CT molecular complexity index is 605. The van der Waals surface area contributed by atoms with Crippen molar-refractivity contribution in [2.75, 3.05) is 13.2 Å². The highest BCUT2D eigenvalue weighted by Gasteiger charge is 2.57. The third kappa shape index (κ3) is 2.56. The van der Waals surface area contributed by atoms with Crippen LogP contribution in [0, 0.1) is 22.7 Å². The Morgan fingerprint density at radius 1 is 1.42 bits per heavy atom. The molecule has 0 amide bonds. The average molecular weight is 332 g/mol. The number of carbonyl (C=O) groups excluding carboxylic acids is 1. The first-order valence-electron chi connectivity index (χ1n) is 8.85. The monoisotopic (exact) mass is 332 g/mol. The number of hydrogen-bond donors (Lipinski definition) is 2. The molecule has 0 saturated heterocycles. The lowest BCUT2D eigenvalue weighted by molar-refractivity contribution is -0.145. The van der Waals surface area contributed by atoms with Crippen LogP contribution in [-0.4, -0.2) is 35.5 Å². The third-order valence-corrected chi connectivity index (χ3v) is 6.78. The first-order valence-corrected chi connectivity index (χ1v) is 8.85. The third-order valence-electron chi connectivity index (χ3n) is 6.78. The molecule has 1 aliphatic heterocycles. The number of fused-ring (bicyclic) bond motifs is 1. The molecule has 132 valence electrons. The minimum Gasteiger partial charge on any atom is -0.458 e. The molecule has 2 aliphatic carbocycles. The van der Waals surface area contributed by atoms with E-state index in [0.29, 0.717) is 18.6 Å². The lowest BCUT2D eigenvalue weighted by Crippen LogP contribution is -2.57. The molecule has 5 atom stereocenters. The SMILES string of the molecule is C=C1CCC2[C@](C)(CO)C(O)CC[C@]2(C)[C@@H]1/C=C/C1=CCOC1=O. The summed E-state index contributed by atoms with van der Waals surface area (Å²) < 4.78 is 4.96. The van der Waals surface area contributed by atoms with Crippen molar-refractivity contribution in [1.82, 2.24) is 0 Å². The van der Waals surface area contributed by atoms with E-state index < -0.39 is 11.5 Å². The van der Waals surface area contributed by atoms with Gasteiger partial charge in [-0.15, -0.1) is 0 Å². The minimum absolute atomic E-state index is 0.00515. The summed E-state index contributed by atoms with van der Waals surface area (Å²) in [6.07, 6.45) is 8.69. The second-order valence-corrected chi connectivity index (χ2v) is 8.07. The van der Waals surface area contributed by atoms with Crippen molar-refractivity contribution in [2.45, 2.75) is 45.6 Å². The maximum atomic E-state index is 11.7. The molecule has 0 spiro atoms. The number of carbonyl (C=O) groups is 1. The van der Waals surface area contributed by atoms with Crippen LogP contribution in [0.5, 0.6) is 0 Å². The van der Waals surface area contributed by atoms with Crippen LogP contribution in [0.3, 0.4) is 0 Å². The fourth-order valence-corrected chi connectivity index (χ4v) is 5.20. The molecule has 4 heteroatoms. The van der Waals surface area contributed by atoms with Crippen molar-refractivity contribution in [3.63, 3.8) is 0 Å². The van der Waals surface area contributed by atoms with Crippen LogP contribution in [0.25, 0.3) is 0 Å². The van der Waals surface area contributed by atoms with E-state index in [1.165, 1.54) is 5.57 Å². The summed E-state index contributed by atoms with van der Waals surface area (Å²) in [5, 5.41) is 20.5. The summed E-state index contributed by atoms with van der Waals surface area (Å²) in [5.74, 6) is 0.0981. The number of ether oxygens (including phenoxy) is 1. The van der Waals surface area contributed by atoms with Crippen LogP contribution >= 0.6 is 0 Å². The van der Waals surface area contributed by atoms with Gasteiger partial charge in [0.2, 0.25) is 0 Å². The van der Waals surface area contributed by atoms with E-state index in [9.17, 15) is 15.0 Å². The summed E-state index contributed by atoms with van der Waals surface area (Å²) in [5.41, 5.74) is 1.24. The van der Waals surface area contributed by atoms with Crippen LogP contribution in [0.15, 0.2) is 36.0 Å². The molecule has 0 aromatic rings. The van der Waals surface area contributed by atoms with Crippen molar-refractivity contribution >= 4 is 5.97 Å². The smallest absolute Gasteiger partial charge is 0.338 e. The molecule has 2 unspecified atom stereocenters. The van der Waals surface area contributed by atoms with Crippen molar-refractivity contribution in [3.8, 4) is 0 Å². The normalized spacial score (nSPS) is 42.8. The largest absolute Gasteiger partial charge is 0.458 e. The molecular formula is C20H28O4. The van der Waals surface area contributed by atoms with Gasteiger partial charge in [-0.3, -0.25) is 0 Å². The van der Waals surface area contributed by atoms with Gasteiger partial charge in [-0.1, -0.05) is 38.2 Å². The average Bonchev–Trinajstić information content (AvgIpc) is 2.96.